The van der Waals surface area contributed by atoms with Crippen LogP contribution in [0, 0.1) is 0 Å². The molecule has 0 spiro atoms. The normalized spacial score (nSPS) is 20.2. The van der Waals surface area contributed by atoms with Crippen molar-refractivity contribution < 1.29 is 0 Å². The lowest BCUT2D eigenvalue weighted by atomic mass is 10.1. The topological polar surface area (TPSA) is 50.1 Å². The molecule has 0 amide bonds. The lowest BCUT2D eigenvalue weighted by Gasteiger charge is -2.41. The number of rotatable bonds is 4. The summed E-state index contributed by atoms with van der Waals surface area (Å²) in [6, 6.07) is 11.2. The Balaban J connectivity index is 1.54. The summed E-state index contributed by atoms with van der Waals surface area (Å²) in [5.41, 5.74) is 1.32. The maximum absolute atomic E-state index is 3.90. The zero-order valence-corrected chi connectivity index (χ0v) is 11.8. The molecule has 106 valence electrons. The number of para-hydroxylation sites is 1. The van der Waals surface area contributed by atoms with Gasteiger partial charge in [0.25, 0.3) is 0 Å². The maximum Gasteiger partial charge on any atom is 0.138 e. The third-order valence-corrected chi connectivity index (χ3v) is 3.84. The van der Waals surface area contributed by atoms with Gasteiger partial charge in [-0.1, -0.05) is 18.2 Å². The van der Waals surface area contributed by atoms with Crippen LogP contribution in [0.3, 0.4) is 0 Å². The quantitative estimate of drug-likeness (QED) is 0.827. The van der Waals surface area contributed by atoms with E-state index in [-0.39, 0.29) is 0 Å². The first-order chi connectivity index (χ1) is 9.83. The second-order valence-corrected chi connectivity index (χ2v) is 5.25. The van der Waals surface area contributed by atoms with Gasteiger partial charge in [0.2, 0.25) is 0 Å². The molecule has 0 radical (unpaired) electrons. The Kier molecular flexibility index (Phi) is 3.92. The van der Waals surface area contributed by atoms with Crippen molar-refractivity contribution in [3.63, 3.8) is 0 Å². The molecule has 1 aromatic carbocycles. The zero-order valence-electron chi connectivity index (χ0n) is 11.8. The molecule has 1 aliphatic rings. The maximum atomic E-state index is 3.90. The van der Waals surface area contributed by atoms with E-state index in [4.69, 9.17) is 0 Å². The Morgan fingerprint density at radius 3 is 2.70 bits per heavy atom. The lowest BCUT2D eigenvalue weighted by molar-refractivity contribution is 0.217. The van der Waals surface area contributed by atoms with Crippen molar-refractivity contribution in [3.8, 4) is 0 Å². The number of anilines is 1. The largest absolute Gasteiger partial charge is 0.366 e. The van der Waals surface area contributed by atoms with Gasteiger partial charge >= 0.3 is 0 Å². The van der Waals surface area contributed by atoms with Crippen LogP contribution in [-0.2, 0) is 6.54 Å². The summed E-state index contributed by atoms with van der Waals surface area (Å²) < 4.78 is 1.79. The summed E-state index contributed by atoms with van der Waals surface area (Å²) in [6.45, 7) is 7.37. The summed E-state index contributed by atoms with van der Waals surface area (Å²) in [6.07, 6.45) is 1.67. The van der Waals surface area contributed by atoms with Crippen LogP contribution >= 0.6 is 0 Å². The Labute approximate surface area is 119 Å². The predicted octanol–water partition coefficient (Wildman–Crippen LogP) is 0.884. The van der Waals surface area contributed by atoms with Crippen LogP contribution in [0.15, 0.2) is 36.7 Å². The second kappa shape index (κ2) is 6.00. The molecule has 1 fully saturated rings. The predicted molar refractivity (Wildman–Crippen MR) is 77.5 cm³/mol. The molecule has 1 atom stereocenters. The van der Waals surface area contributed by atoms with Crippen molar-refractivity contribution >= 4 is 5.69 Å². The number of hydrogen-bond donors (Lipinski definition) is 0. The lowest BCUT2D eigenvalue weighted by Crippen LogP contribution is -2.52. The van der Waals surface area contributed by atoms with Gasteiger partial charge in [0, 0.05) is 37.9 Å². The molecule has 1 aromatic heterocycles. The average molecular weight is 272 g/mol. The number of tetrazole rings is 1. The van der Waals surface area contributed by atoms with E-state index < -0.39 is 0 Å². The highest BCUT2D eigenvalue weighted by Gasteiger charge is 2.23. The van der Waals surface area contributed by atoms with E-state index in [1.165, 1.54) is 5.69 Å². The monoisotopic (exact) mass is 272 g/mol. The highest BCUT2D eigenvalue weighted by molar-refractivity contribution is 5.47. The molecular formula is C14H20N6. The fraction of sp³-hybridized carbons (Fsp3) is 0.500. The molecule has 20 heavy (non-hydrogen) atoms. The van der Waals surface area contributed by atoms with Gasteiger partial charge in [0.15, 0.2) is 0 Å². The first kappa shape index (κ1) is 13.1. The molecule has 6 nitrogen and oxygen atoms in total. The molecule has 6 heteroatoms. The van der Waals surface area contributed by atoms with Crippen LogP contribution in [0.2, 0.25) is 0 Å². The SMILES string of the molecule is CC1CN(CCn2cnnn2)CCN1c1ccccc1. The van der Waals surface area contributed by atoms with Crippen LogP contribution in [0.4, 0.5) is 5.69 Å². The summed E-state index contributed by atoms with van der Waals surface area (Å²) in [4.78, 5) is 4.96. The molecule has 0 bridgehead atoms. The molecule has 1 saturated heterocycles. The third kappa shape index (κ3) is 2.96. The summed E-state index contributed by atoms with van der Waals surface area (Å²) in [7, 11) is 0. The fourth-order valence-corrected chi connectivity index (χ4v) is 2.77. The van der Waals surface area contributed by atoms with Crippen LogP contribution in [-0.4, -0.2) is 57.3 Å². The average Bonchev–Trinajstić information content (AvgIpc) is 2.99. The van der Waals surface area contributed by atoms with Crippen molar-refractivity contribution in [2.75, 3.05) is 31.1 Å². The van der Waals surface area contributed by atoms with E-state index in [2.05, 4.69) is 62.6 Å². The van der Waals surface area contributed by atoms with E-state index in [1.54, 1.807) is 11.0 Å². The number of aromatic nitrogens is 4. The van der Waals surface area contributed by atoms with Crippen molar-refractivity contribution in [1.82, 2.24) is 25.1 Å². The number of nitrogens with zero attached hydrogens (tertiary/aromatic N) is 6. The summed E-state index contributed by atoms with van der Waals surface area (Å²) in [5.74, 6) is 0. The first-order valence-electron chi connectivity index (χ1n) is 7.08. The Morgan fingerprint density at radius 2 is 2.00 bits per heavy atom. The van der Waals surface area contributed by atoms with Gasteiger partial charge in [-0.3, -0.25) is 4.90 Å². The number of benzene rings is 1. The van der Waals surface area contributed by atoms with E-state index in [0.717, 1.165) is 32.7 Å². The van der Waals surface area contributed by atoms with Crippen LogP contribution in [0.5, 0.6) is 0 Å². The van der Waals surface area contributed by atoms with Gasteiger partial charge in [0.05, 0.1) is 6.54 Å². The standard InChI is InChI=1S/C14H20N6/c1-13-11-18(7-9-19-12-15-16-17-19)8-10-20(13)14-5-3-2-4-6-14/h2-6,12-13H,7-11H2,1H3. The minimum Gasteiger partial charge on any atom is -0.366 e. The number of piperazine rings is 1. The van der Waals surface area contributed by atoms with E-state index in [0.29, 0.717) is 6.04 Å². The Hall–Kier alpha value is -1.95. The summed E-state index contributed by atoms with van der Waals surface area (Å²) in [5, 5.41) is 11.2. The molecule has 0 aliphatic carbocycles. The van der Waals surface area contributed by atoms with Crippen LogP contribution < -0.4 is 4.90 Å². The number of hydrogen-bond acceptors (Lipinski definition) is 5. The molecule has 1 unspecified atom stereocenters. The molecular weight excluding hydrogens is 252 g/mol. The second-order valence-electron chi connectivity index (χ2n) is 5.25. The molecule has 1 aliphatic heterocycles. The molecule has 2 heterocycles. The highest BCUT2D eigenvalue weighted by atomic mass is 15.5. The van der Waals surface area contributed by atoms with Gasteiger partial charge in [-0.25, -0.2) is 4.68 Å². The Bertz CT molecular complexity index is 512. The first-order valence-corrected chi connectivity index (χ1v) is 7.08. The van der Waals surface area contributed by atoms with E-state index in [9.17, 15) is 0 Å². The minimum absolute atomic E-state index is 0.528. The third-order valence-electron chi connectivity index (χ3n) is 3.84. The van der Waals surface area contributed by atoms with E-state index >= 15 is 0 Å². The fourth-order valence-electron chi connectivity index (χ4n) is 2.77. The van der Waals surface area contributed by atoms with Crippen LogP contribution in [0.1, 0.15) is 6.92 Å². The molecule has 2 aromatic rings. The molecule has 3 rings (SSSR count). The van der Waals surface area contributed by atoms with Crippen molar-refractivity contribution in [2.24, 2.45) is 0 Å². The van der Waals surface area contributed by atoms with Crippen molar-refractivity contribution in [2.45, 2.75) is 19.5 Å². The van der Waals surface area contributed by atoms with Crippen LogP contribution in [0.25, 0.3) is 0 Å². The minimum atomic E-state index is 0.528. The van der Waals surface area contributed by atoms with Crippen molar-refractivity contribution in [3.05, 3.63) is 36.7 Å². The van der Waals surface area contributed by atoms with E-state index in [1.807, 2.05) is 0 Å². The zero-order chi connectivity index (χ0) is 13.8. The highest BCUT2D eigenvalue weighted by Crippen LogP contribution is 2.19. The summed E-state index contributed by atoms with van der Waals surface area (Å²) >= 11 is 0. The van der Waals surface area contributed by atoms with Gasteiger partial charge in [-0.15, -0.1) is 5.10 Å². The Morgan fingerprint density at radius 1 is 1.15 bits per heavy atom. The van der Waals surface area contributed by atoms with Gasteiger partial charge in [-0.05, 0) is 29.5 Å². The van der Waals surface area contributed by atoms with Crippen molar-refractivity contribution in [1.29, 1.82) is 0 Å². The van der Waals surface area contributed by atoms with Gasteiger partial charge in [0.1, 0.15) is 6.33 Å². The molecule has 0 saturated carbocycles. The van der Waals surface area contributed by atoms with Gasteiger partial charge < -0.3 is 4.90 Å². The van der Waals surface area contributed by atoms with Gasteiger partial charge in [-0.2, -0.15) is 0 Å². The smallest absolute Gasteiger partial charge is 0.138 e. The molecule has 0 N–H and O–H groups in total.